The maximum atomic E-state index is 12.4. The van der Waals surface area contributed by atoms with Crippen molar-refractivity contribution in [1.29, 1.82) is 0 Å². The molecule has 1 aliphatic heterocycles. The average Bonchev–Trinajstić information content (AvgIpc) is 3.11. The molecule has 1 aromatic carbocycles. The molecule has 0 spiro atoms. The molecule has 1 N–H and O–H groups in total. The van der Waals surface area contributed by atoms with Gasteiger partial charge in [-0.3, -0.25) is 9.69 Å². The molecule has 1 saturated heterocycles. The summed E-state index contributed by atoms with van der Waals surface area (Å²) >= 11 is 3.40. The molecule has 2 heterocycles. The van der Waals surface area contributed by atoms with Crippen LogP contribution in [-0.2, 0) is 4.74 Å². The van der Waals surface area contributed by atoms with Crippen molar-refractivity contribution in [2.24, 2.45) is 0 Å². The number of ether oxygens (including phenoxy) is 1. The number of nitrogens with one attached hydrogen (secondary N) is 1. The van der Waals surface area contributed by atoms with Crippen molar-refractivity contribution in [3.63, 3.8) is 0 Å². The summed E-state index contributed by atoms with van der Waals surface area (Å²) in [6, 6.07) is 9.33. The molecular formula is C18H22BrN3O3. The zero-order chi connectivity index (χ0) is 17.9. The van der Waals surface area contributed by atoms with Gasteiger partial charge in [0.25, 0.3) is 5.91 Å². The monoisotopic (exact) mass is 407 g/mol. The molecule has 0 radical (unpaired) electrons. The van der Waals surface area contributed by atoms with Crippen LogP contribution < -0.4 is 5.32 Å². The zero-order valence-electron chi connectivity index (χ0n) is 14.4. The Labute approximate surface area is 155 Å². The van der Waals surface area contributed by atoms with Crippen LogP contribution in [-0.4, -0.2) is 54.4 Å². The fourth-order valence-corrected chi connectivity index (χ4v) is 3.06. The van der Waals surface area contributed by atoms with Gasteiger partial charge in [-0.2, -0.15) is 0 Å². The molecule has 7 heteroatoms. The quantitative estimate of drug-likeness (QED) is 0.824. The van der Waals surface area contributed by atoms with E-state index in [0.29, 0.717) is 12.3 Å². The third-order valence-corrected chi connectivity index (χ3v) is 4.95. The molecule has 0 atom stereocenters. The van der Waals surface area contributed by atoms with E-state index in [9.17, 15) is 4.79 Å². The summed E-state index contributed by atoms with van der Waals surface area (Å²) in [5.41, 5.74) is 1.02. The molecule has 0 bridgehead atoms. The number of rotatable bonds is 5. The second-order valence-electron chi connectivity index (χ2n) is 6.68. The Kier molecular flexibility index (Phi) is 5.56. The van der Waals surface area contributed by atoms with Crippen molar-refractivity contribution >= 4 is 21.8 Å². The van der Waals surface area contributed by atoms with Gasteiger partial charge in [-0.25, -0.2) is 0 Å². The number of hydrogen-bond acceptors (Lipinski definition) is 5. The van der Waals surface area contributed by atoms with Gasteiger partial charge < -0.3 is 14.6 Å². The van der Waals surface area contributed by atoms with E-state index in [0.717, 1.165) is 36.3 Å². The van der Waals surface area contributed by atoms with Crippen molar-refractivity contribution in [3.8, 4) is 11.3 Å². The van der Waals surface area contributed by atoms with E-state index in [1.807, 2.05) is 24.3 Å². The van der Waals surface area contributed by atoms with Gasteiger partial charge in [0.15, 0.2) is 11.5 Å². The number of amides is 1. The number of morpholine rings is 1. The highest BCUT2D eigenvalue weighted by atomic mass is 79.9. The molecule has 1 aliphatic rings. The minimum atomic E-state index is -0.228. The lowest BCUT2D eigenvalue weighted by Crippen LogP contribution is -2.55. The number of carbonyl (C=O) groups is 1. The third kappa shape index (κ3) is 4.48. The largest absolute Gasteiger partial charge is 0.379 e. The Morgan fingerprint density at radius 2 is 1.96 bits per heavy atom. The maximum Gasteiger partial charge on any atom is 0.273 e. The van der Waals surface area contributed by atoms with Crippen LogP contribution in [0.1, 0.15) is 24.3 Å². The average molecular weight is 408 g/mol. The maximum absolute atomic E-state index is 12.4. The summed E-state index contributed by atoms with van der Waals surface area (Å²) in [5, 5.41) is 6.85. The van der Waals surface area contributed by atoms with E-state index < -0.39 is 0 Å². The molecule has 3 rings (SSSR count). The molecule has 0 saturated carbocycles. The molecule has 0 unspecified atom stereocenters. The fourth-order valence-electron chi connectivity index (χ4n) is 2.80. The number of nitrogens with zero attached hydrogens (tertiary/aromatic N) is 2. The van der Waals surface area contributed by atoms with Crippen molar-refractivity contribution in [2.45, 2.75) is 19.4 Å². The Morgan fingerprint density at radius 3 is 2.64 bits per heavy atom. The lowest BCUT2D eigenvalue weighted by atomic mass is 10.0. The summed E-state index contributed by atoms with van der Waals surface area (Å²) in [6.45, 7) is 7.99. The van der Waals surface area contributed by atoms with Gasteiger partial charge in [-0.15, -0.1) is 0 Å². The number of aromatic nitrogens is 1. The Morgan fingerprint density at radius 1 is 1.28 bits per heavy atom. The van der Waals surface area contributed by atoms with Crippen LogP contribution in [0.15, 0.2) is 39.3 Å². The summed E-state index contributed by atoms with van der Waals surface area (Å²) in [6.07, 6.45) is 0. The normalized spacial score (nSPS) is 16.0. The number of hydrogen-bond donors (Lipinski definition) is 1. The van der Waals surface area contributed by atoms with Crippen molar-refractivity contribution in [1.82, 2.24) is 15.4 Å². The van der Waals surface area contributed by atoms with Gasteiger partial charge in [-0.1, -0.05) is 33.2 Å². The summed E-state index contributed by atoms with van der Waals surface area (Å²) in [5.74, 6) is 0.346. The first kappa shape index (κ1) is 18.1. The first-order valence-electron chi connectivity index (χ1n) is 8.29. The predicted molar refractivity (Wildman–Crippen MR) is 98.4 cm³/mol. The van der Waals surface area contributed by atoms with Crippen molar-refractivity contribution in [3.05, 3.63) is 40.5 Å². The van der Waals surface area contributed by atoms with Crippen LogP contribution >= 0.6 is 15.9 Å². The smallest absolute Gasteiger partial charge is 0.273 e. The highest BCUT2D eigenvalue weighted by Crippen LogP contribution is 2.22. The third-order valence-electron chi connectivity index (χ3n) is 4.42. The SMILES string of the molecule is CC(C)(CNC(=O)c1cc(-c2ccc(Br)cc2)on1)N1CCOCC1. The molecule has 1 aromatic heterocycles. The lowest BCUT2D eigenvalue weighted by Gasteiger charge is -2.40. The van der Waals surface area contributed by atoms with Crippen LogP contribution in [0.3, 0.4) is 0 Å². The topological polar surface area (TPSA) is 67.6 Å². The van der Waals surface area contributed by atoms with Crippen LogP contribution in [0, 0.1) is 0 Å². The van der Waals surface area contributed by atoms with E-state index >= 15 is 0 Å². The predicted octanol–water partition coefficient (Wildman–Crippen LogP) is 2.94. The Balaban J connectivity index is 1.61. The highest BCUT2D eigenvalue weighted by Gasteiger charge is 2.29. The number of carbonyl (C=O) groups excluding carboxylic acids is 1. The van der Waals surface area contributed by atoms with Gasteiger partial charge in [0, 0.05) is 41.3 Å². The van der Waals surface area contributed by atoms with E-state index in [-0.39, 0.29) is 17.1 Å². The van der Waals surface area contributed by atoms with Gasteiger partial charge in [0.05, 0.1) is 13.2 Å². The summed E-state index contributed by atoms with van der Waals surface area (Å²) < 4.78 is 11.7. The van der Waals surface area contributed by atoms with E-state index in [1.165, 1.54) is 0 Å². The second kappa shape index (κ2) is 7.68. The molecule has 2 aromatic rings. The van der Waals surface area contributed by atoms with Gasteiger partial charge in [0.1, 0.15) is 0 Å². The highest BCUT2D eigenvalue weighted by molar-refractivity contribution is 9.10. The second-order valence-corrected chi connectivity index (χ2v) is 7.59. The molecule has 1 fully saturated rings. The minimum Gasteiger partial charge on any atom is -0.379 e. The number of benzene rings is 1. The first-order valence-corrected chi connectivity index (χ1v) is 9.09. The fraction of sp³-hybridized carbons (Fsp3) is 0.444. The number of halogens is 1. The zero-order valence-corrected chi connectivity index (χ0v) is 16.0. The van der Waals surface area contributed by atoms with Crippen LogP contribution in [0.5, 0.6) is 0 Å². The Bertz CT molecular complexity index is 721. The molecule has 1 amide bonds. The molecular weight excluding hydrogens is 386 g/mol. The van der Waals surface area contributed by atoms with E-state index in [4.69, 9.17) is 9.26 Å². The standard InChI is InChI=1S/C18H22BrN3O3/c1-18(2,22-7-9-24-10-8-22)12-20-17(23)15-11-16(25-21-15)13-3-5-14(19)6-4-13/h3-6,11H,7-10,12H2,1-2H3,(H,20,23). The van der Waals surface area contributed by atoms with Gasteiger partial charge in [-0.05, 0) is 26.0 Å². The van der Waals surface area contributed by atoms with Gasteiger partial charge in [0.2, 0.25) is 0 Å². The van der Waals surface area contributed by atoms with Crippen molar-refractivity contribution in [2.75, 3.05) is 32.8 Å². The van der Waals surface area contributed by atoms with Crippen LogP contribution in [0.25, 0.3) is 11.3 Å². The minimum absolute atomic E-state index is 0.141. The van der Waals surface area contributed by atoms with Gasteiger partial charge >= 0.3 is 0 Å². The molecule has 0 aliphatic carbocycles. The molecule has 6 nitrogen and oxygen atoms in total. The lowest BCUT2D eigenvalue weighted by molar-refractivity contribution is -0.00925. The Hall–Kier alpha value is -1.70. The van der Waals surface area contributed by atoms with E-state index in [2.05, 4.69) is 45.2 Å². The first-order chi connectivity index (χ1) is 12.0. The summed E-state index contributed by atoms with van der Waals surface area (Å²) in [4.78, 5) is 14.7. The van der Waals surface area contributed by atoms with Crippen LogP contribution in [0.2, 0.25) is 0 Å². The van der Waals surface area contributed by atoms with Crippen molar-refractivity contribution < 1.29 is 14.1 Å². The molecule has 134 valence electrons. The molecule has 25 heavy (non-hydrogen) atoms. The van der Waals surface area contributed by atoms with Crippen LogP contribution in [0.4, 0.5) is 0 Å². The van der Waals surface area contributed by atoms with E-state index in [1.54, 1.807) is 6.07 Å². The summed E-state index contributed by atoms with van der Waals surface area (Å²) in [7, 11) is 0.